The van der Waals surface area contributed by atoms with Crippen molar-refractivity contribution in [1.29, 1.82) is 0 Å². The Morgan fingerprint density at radius 3 is 2.62 bits per heavy atom. The lowest BCUT2D eigenvalue weighted by Gasteiger charge is -2.37. The molecule has 1 aliphatic carbocycles. The van der Waals surface area contributed by atoms with Crippen LogP contribution < -0.4 is 10.6 Å². The molecule has 0 bridgehead atoms. The molecule has 1 saturated heterocycles. The van der Waals surface area contributed by atoms with E-state index < -0.39 is 0 Å². The van der Waals surface area contributed by atoms with Gasteiger partial charge in [-0.25, -0.2) is 0 Å². The molecule has 2 N–H and O–H groups in total. The van der Waals surface area contributed by atoms with Crippen LogP contribution in [0.5, 0.6) is 0 Å². The van der Waals surface area contributed by atoms with Crippen LogP contribution in [-0.4, -0.2) is 43.8 Å². The standard InChI is InChI=1S/C21H35N3O2/c1-16-13-19(17(2)24(16)18-7-5-4-6-8-18)20(25)23-14-21(15-26-3)9-11-22-12-10-21/h13,18,22H,4-12,14-15H2,1-3H3,(H,23,25). The third kappa shape index (κ3) is 4.15. The number of methoxy groups -OCH3 is 1. The zero-order chi connectivity index (χ0) is 18.6. The molecular weight excluding hydrogens is 326 g/mol. The molecule has 1 amide bonds. The van der Waals surface area contributed by atoms with Crippen LogP contribution in [0.3, 0.4) is 0 Å². The smallest absolute Gasteiger partial charge is 0.253 e. The Bertz CT molecular complexity index is 606. The third-order valence-corrected chi connectivity index (χ3v) is 6.41. The molecule has 0 unspecified atom stereocenters. The van der Waals surface area contributed by atoms with Crippen molar-refractivity contribution in [1.82, 2.24) is 15.2 Å². The fourth-order valence-corrected chi connectivity index (χ4v) is 4.91. The molecule has 1 saturated carbocycles. The molecule has 5 heteroatoms. The molecule has 3 rings (SSSR count). The number of nitrogens with zero attached hydrogens (tertiary/aromatic N) is 1. The molecular formula is C21H35N3O2. The van der Waals surface area contributed by atoms with Crippen LogP contribution in [0.25, 0.3) is 0 Å². The van der Waals surface area contributed by atoms with E-state index in [0.29, 0.717) is 19.2 Å². The second-order valence-corrected chi connectivity index (χ2v) is 8.31. The summed E-state index contributed by atoms with van der Waals surface area (Å²) < 4.78 is 7.87. The van der Waals surface area contributed by atoms with Crippen molar-refractivity contribution in [3.63, 3.8) is 0 Å². The minimum absolute atomic E-state index is 0.0601. The Balaban J connectivity index is 1.69. The first-order chi connectivity index (χ1) is 12.6. The second kappa shape index (κ2) is 8.57. The molecule has 2 fully saturated rings. The van der Waals surface area contributed by atoms with Crippen molar-refractivity contribution < 1.29 is 9.53 Å². The van der Waals surface area contributed by atoms with Crippen molar-refractivity contribution in [2.24, 2.45) is 5.41 Å². The number of amides is 1. The number of hydrogen-bond donors (Lipinski definition) is 2. The topological polar surface area (TPSA) is 55.3 Å². The van der Waals surface area contributed by atoms with Gasteiger partial charge in [0.1, 0.15) is 0 Å². The van der Waals surface area contributed by atoms with Crippen molar-refractivity contribution in [2.75, 3.05) is 33.4 Å². The fraction of sp³-hybridized carbons (Fsp3) is 0.762. The number of carbonyl (C=O) groups excluding carboxylic acids is 1. The van der Waals surface area contributed by atoms with Gasteiger partial charge in [0.05, 0.1) is 12.2 Å². The number of piperidine rings is 1. The summed E-state index contributed by atoms with van der Waals surface area (Å²) in [6.45, 7) is 7.62. The van der Waals surface area contributed by atoms with Crippen molar-refractivity contribution in [3.8, 4) is 0 Å². The van der Waals surface area contributed by atoms with Gasteiger partial charge in [-0.1, -0.05) is 19.3 Å². The van der Waals surface area contributed by atoms with Gasteiger partial charge in [0, 0.05) is 36.5 Å². The fourth-order valence-electron chi connectivity index (χ4n) is 4.91. The molecule has 2 aliphatic rings. The Hall–Kier alpha value is -1.33. The molecule has 1 aromatic heterocycles. The number of aromatic nitrogens is 1. The van der Waals surface area contributed by atoms with Gasteiger partial charge in [-0.3, -0.25) is 4.79 Å². The van der Waals surface area contributed by atoms with E-state index in [1.54, 1.807) is 7.11 Å². The highest BCUT2D eigenvalue weighted by molar-refractivity contribution is 5.95. The normalized spacial score (nSPS) is 20.9. The first-order valence-corrected chi connectivity index (χ1v) is 10.2. The molecule has 0 atom stereocenters. The van der Waals surface area contributed by atoms with E-state index in [1.807, 2.05) is 0 Å². The molecule has 26 heavy (non-hydrogen) atoms. The van der Waals surface area contributed by atoms with Gasteiger partial charge < -0.3 is 19.9 Å². The van der Waals surface area contributed by atoms with E-state index in [0.717, 1.165) is 37.2 Å². The summed E-state index contributed by atoms with van der Waals surface area (Å²) in [6, 6.07) is 2.64. The third-order valence-electron chi connectivity index (χ3n) is 6.41. The van der Waals surface area contributed by atoms with E-state index >= 15 is 0 Å². The molecule has 1 aliphatic heterocycles. The summed E-state index contributed by atoms with van der Waals surface area (Å²) >= 11 is 0. The van der Waals surface area contributed by atoms with Gasteiger partial charge in [-0.15, -0.1) is 0 Å². The monoisotopic (exact) mass is 361 g/mol. The van der Waals surface area contributed by atoms with Crippen LogP contribution in [0.1, 0.15) is 72.7 Å². The zero-order valence-corrected chi connectivity index (χ0v) is 16.7. The van der Waals surface area contributed by atoms with Crippen molar-refractivity contribution in [2.45, 2.75) is 64.8 Å². The maximum Gasteiger partial charge on any atom is 0.253 e. The maximum atomic E-state index is 12.9. The van der Waals surface area contributed by atoms with Gasteiger partial charge in [0.2, 0.25) is 0 Å². The Labute approximate surface area is 157 Å². The molecule has 0 spiro atoms. The lowest BCUT2D eigenvalue weighted by molar-refractivity contribution is 0.0511. The van der Waals surface area contributed by atoms with Gasteiger partial charge in [0.15, 0.2) is 0 Å². The van der Waals surface area contributed by atoms with Gasteiger partial charge in [0.25, 0.3) is 5.91 Å². The van der Waals surface area contributed by atoms with Gasteiger partial charge in [-0.05, 0) is 58.7 Å². The molecule has 5 nitrogen and oxygen atoms in total. The number of nitrogens with one attached hydrogen (secondary N) is 2. The summed E-state index contributed by atoms with van der Waals surface area (Å²) in [5, 5.41) is 6.62. The summed E-state index contributed by atoms with van der Waals surface area (Å²) in [6.07, 6.45) is 8.51. The molecule has 146 valence electrons. The Kier molecular flexibility index (Phi) is 6.41. The number of carbonyl (C=O) groups is 1. The van der Waals surface area contributed by atoms with Crippen LogP contribution >= 0.6 is 0 Å². The van der Waals surface area contributed by atoms with Crippen molar-refractivity contribution >= 4 is 5.91 Å². The average molecular weight is 362 g/mol. The molecule has 1 aromatic rings. The molecule has 0 aromatic carbocycles. The zero-order valence-electron chi connectivity index (χ0n) is 16.7. The van der Waals surface area contributed by atoms with E-state index in [4.69, 9.17) is 4.74 Å². The number of rotatable bonds is 6. The van der Waals surface area contributed by atoms with E-state index in [-0.39, 0.29) is 11.3 Å². The van der Waals surface area contributed by atoms with E-state index in [1.165, 1.54) is 37.8 Å². The predicted molar refractivity (Wildman–Crippen MR) is 105 cm³/mol. The summed E-state index contributed by atoms with van der Waals surface area (Å²) in [4.78, 5) is 12.9. The average Bonchev–Trinajstić information content (AvgIpc) is 2.96. The highest BCUT2D eigenvalue weighted by atomic mass is 16.5. The SMILES string of the molecule is COCC1(CNC(=O)c2cc(C)n(C3CCCCC3)c2C)CCNCC1. The highest BCUT2D eigenvalue weighted by Gasteiger charge is 2.33. The van der Waals surface area contributed by atoms with Crippen LogP contribution in [-0.2, 0) is 4.74 Å². The molecule has 0 radical (unpaired) electrons. The Morgan fingerprint density at radius 1 is 1.27 bits per heavy atom. The van der Waals surface area contributed by atoms with Crippen LogP contribution in [0.4, 0.5) is 0 Å². The predicted octanol–water partition coefficient (Wildman–Crippen LogP) is 3.36. The second-order valence-electron chi connectivity index (χ2n) is 8.31. The lowest BCUT2D eigenvalue weighted by Crippen LogP contribution is -2.47. The van der Waals surface area contributed by atoms with Gasteiger partial charge >= 0.3 is 0 Å². The van der Waals surface area contributed by atoms with Crippen LogP contribution in [0.2, 0.25) is 0 Å². The first-order valence-electron chi connectivity index (χ1n) is 10.2. The summed E-state index contributed by atoms with van der Waals surface area (Å²) in [5.41, 5.74) is 3.24. The number of hydrogen-bond acceptors (Lipinski definition) is 3. The van der Waals surface area contributed by atoms with Crippen LogP contribution in [0, 0.1) is 19.3 Å². The largest absolute Gasteiger partial charge is 0.384 e. The van der Waals surface area contributed by atoms with Gasteiger partial charge in [-0.2, -0.15) is 0 Å². The van der Waals surface area contributed by atoms with Crippen molar-refractivity contribution in [3.05, 3.63) is 23.0 Å². The minimum Gasteiger partial charge on any atom is -0.384 e. The Morgan fingerprint density at radius 2 is 1.96 bits per heavy atom. The first kappa shape index (κ1) is 19.4. The lowest BCUT2D eigenvalue weighted by atomic mass is 9.79. The maximum absolute atomic E-state index is 12.9. The number of aryl methyl sites for hydroxylation is 1. The molecule has 2 heterocycles. The van der Waals surface area contributed by atoms with Crippen LogP contribution in [0.15, 0.2) is 6.07 Å². The van der Waals surface area contributed by atoms with E-state index in [2.05, 4.69) is 35.1 Å². The number of ether oxygens (including phenoxy) is 1. The van der Waals surface area contributed by atoms with E-state index in [9.17, 15) is 4.79 Å². The minimum atomic E-state index is 0.0601. The quantitative estimate of drug-likeness (QED) is 0.817. The highest BCUT2D eigenvalue weighted by Crippen LogP contribution is 2.32. The summed E-state index contributed by atoms with van der Waals surface area (Å²) in [7, 11) is 1.75. The summed E-state index contributed by atoms with van der Waals surface area (Å²) in [5.74, 6) is 0.0640.